The molecular formula is C24H24F3N3O3. The summed E-state index contributed by atoms with van der Waals surface area (Å²) in [4.78, 5) is 33.2. The molecule has 0 bridgehead atoms. The van der Waals surface area contributed by atoms with Gasteiger partial charge in [0.25, 0.3) is 11.8 Å². The molecule has 33 heavy (non-hydrogen) atoms. The van der Waals surface area contributed by atoms with Crippen LogP contribution in [0.15, 0.2) is 36.4 Å². The summed E-state index contributed by atoms with van der Waals surface area (Å²) in [6, 6.07) is 9.25. The fourth-order valence-electron chi connectivity index (χ4n) is 5.09. The summed E-state index contributed by atoms with van der Waals surface area (Å²) < 4.78 is 44.6. The first-order valence-corrected chi connectivity index (χ1v) is 11.1. The summed E-state index contributed by atoms with van der Waals surface area (Å²) in [5, 5.41) is 0. The minimum Gasteiger partial charge on any atom is -0.417 e. The molecule has 1 aliphatic carbocycles. The highest BCUT2D eigenvalue weighted by atomic mass is 19.3. The van der Waals surface area contributed by atoms with Gasteiger partial charge in [-0.25, -0.2) is 9.37 Å². The van der Waals surface area contributed by atoms with Crippen LogP contribution in [0, 0.1) is 0 Å². The fourth-order valence-corrected chi connectivity index (χ4v) is 5.09. The third-order valence-electron chi connectivity index (χ3n) is 6.98. The molecule has 1 saturated carbocycles. The molecule has 2 amide bonds. The van der Waals surface area contributed by atoms with Gasteiger partial charge in [-0.2, -0.15) is 8.78 Å². The quantitative estimate of drug-likeness (QED) is 0.602. The van der Waals surface area contributed by atoms with Crippen molar-refractivity contribution in [1.29, 1.82) is 0 Å². The Morgan fingerprint density at radius 2 is 1.73 bits per heavy atom. The lowest BCUT2D eigenvalue weighted by atomic mass is 9.77. The van der Waals surface area contributed by atoms with E-state index in [0.29, 0.717) is 18.7 Å². The highest BCUT2D eigenvalue weighted by Gasteiger charge is 2.41. The van der Waals surface area contributed by atoms with E-state index in [-0.39, 0.29) is 34.5 Å². The van der Waals surface area contributed by atoms with Gasteiger partial charge >= 0.3 is 6.61 Å². The number of benzene rings is 1. The number of pyridine rings is 1. The minimum atomic E-state index is -3.10. The Morgan fingerprint density at radius 1 is 1.06 bits per heavy atom. The fraction of sp³-hybridized carbons (Fsp3) is 0.458. The first-order valence-electron chi connectivity index (χ1n) is 11.1. The number of carbonyl (C=O) groups is 2. The molecule has 0 radical (unpaired) electrons. The number of aromatic nitrogens is 1. The van der Waals surface area contributed by atoms with Crippen molar-refractivity contribution in [3.63, 3.8) is 0 Å². The van der Waals surface area contributed by atoms with Crippen molar-refractivity contribution in [1.82, 2.24) is 14.8 Å². The number of amides is 2. The molecule has 2 atom stereocenters. The van der Waals surface area contributed by atoms with E-state index in [1.807, 2.05) is 0 Å². The van der Waals surface area contributed by atoms with Crippen molar-refractivity contribution < 1.29 is 27.5 Å². The van der Waals surface area contributed by atoms with Gasteiger partial charge in [0.15, 0.2) is 0 Å². The van der Waals surface area contributed by atoms with Gasteiger partial charge in [0, 0.05) is 36.3 Å². The molecule has 3 aliphatic rings. The predicted molar refractivity (Wildman–Crippen MR) is 113 cm³/mol. The molecule has 2 aliphatic heterocycles. The average Bonchev–Trinajstić information content (AvgIpc) is 3.28. The first-order chi connectivity index (χ1) is 15.8. The number of carbonyl (C=O) groups excluding carboxylic acids is 2. The lowest BCUT2D eigenvalue weighted by molar-refractivity contribution is -0.0541. The Balaban J connectivity index is 1.37. The standard InChI is InChI=1S/C24H24F3N3O3/c1-13(30-22(31)18-4-2-3-5-19(18)23(30)32)17-6-7-20(28-21(17)33-24(26)27)14-10-16(11-14)29-9-8-15(25)12-29/h2-7,13-16,24H,8-12H2,1H3/t13-,14?,15+,16?/m0/s1. The molecule has 0 unspecified atom stereocenters. The number of halogens is 3. The highest BCUT2D eigenvalue weighted by Crippen LogP contribution is 2.42. The molecule has 6 nitrogen and oxygen atoms in total. The Morgan fingerprint density at radius 3 is 2.30 bits per heavy atom. The number of nitrogens with zero attached hydrogens (tertiary/aromatic N) is 3. The van der Waals surface area contributed by atoms with Crippen molar-refractivity contribution in [3.05, 3.63) is 58.8 Å². The normalized spacial score (nSPS) is 26.0. The maximum atomic E-state index is 13.5. The minimum absolute atomic E-state index is 0.0670. The Hall–Kier alpha value is -2.94. The third kappa shape index (κ3) is 3.88. The molecule has 9 heteroatoms. The van der Waals surface area contributed by atoms with Crippen LogP contribution in [0.5, 0.6) is 5.88 Å². The number of rotatable bonds is 6. The molecule has 5 rings (SSSR count). The monoisotopic (exact) mass is 459 g/mol. The second-order valence-electron chi connectivity index (χ2n) is 8.91. The zero-order valence-electron chi connectivity index (χ0n) is 18.1. The zero-order valence-corrected chi connectivity index (χ0v) is 18.1. The van der Waals surface area contributed by atoms with Gasteiger partial charge in [0.2, 0.25) is 5.88 Å². The molecule has 3 heterocycles. The Kier molecular flexibility index (Phi) is 5.60. The number of hydrogen-bond donors (Lipinski definition) is 0. The van der Waals surface area contributed by atoms with Crippen LogP contribution in [-0.2, 0) is 0 Å². The summed E-state index contributed by atoms with van der Waals surface area (Å²) in [5.74, 6) is -1.17. The largest absolute Gasteiger partial charge is 0.417 e. The number of likely N-dealkylation sites (tertiary alicyclic amines) is 1. The maximum absolute atomic E-state index is 13.5. The van der Waals surface area contributed by atoms with Crippen molar-refractivity contribution in [2.45, 2.75) is 57.0 Å². The SMILES string of the molecule is C[C@@H](c1ccc(C2CC(N3CC[C@@H](F)C3)C2)nc1OC(F)F)N1C(=O)c2ccccc2C1=O. The van der Waals surface area contributed by atoms with Gasteiger partial charge < -0.3 is 4.74 Å². The molecule has 1 aromatic heterocycles. The summed E-state index contributed by atoms with van der Waals surface area (Å²) in [7, 11) is 0. The van der Waals surface area contributed by atoms with Crippen LogP contribution >= 0.6 is 0 Å². The van der Waals surface area contributed by atoms with E-state index in [4.69, 9.17) is 4.74 Å². The van der Waals surface area contributed by atoms with Gasteiger partial charge in [-0.05, 0) is 50.5 Å². The predicted octanol–water partition coefficient (Wildman–Crippen LogP) is 4.33. The highest BCUT2D eigenvalue weighted by molar-refractivity contribution is 6.21. The van der Waals surface area contributed by atoms with Gasteiger partial charge in [-0.1, -0.05) is 12.1 Å². The topological polar surface area (TPSA) is 62.7 Å². The molecule has 2 fully saturated rings. The van der Waals surface area contributed by atoms with Crippen LogP contribution in [0.3, 0.4) is 0 Å². The van der Waals surface area contributed by atoms with Gasteiger partial charge in [0.1, 0.15) is 6.17 Å². The second kappa shape index (κ2) is 8.44. The average molecular weight is 459 g/mol. The lowest BCUT2D eigenvalue weighted by Crippen LogP contribution is -2.42. The summed E-state index contributed by atoms with van der Waals surface area (Å²) in [6.07, 6.45) is 1.33. The molecular weight excluding hydrogens is 435 g/mol. The van der Waals surface area contributed by atoms with E-state index in [1.165, 1.54) is 0 Å². The molecule has 1 aromatic carbocycles. The number of fused-ring (bicyclic) bond motifs is 1. The van der Waals surface area contributed by atoms with Crippen molar-refractivity contribution in [2.75, 3.05) is 13.1 Å². The van der Waals surface area contributed by atoms with Crippen LogP contribution in [0.4, 0.5) is 13.2 Å². The van der Waals surface area contributed by atoms with Crippen LogP contribution in [0.25, 0.3) is 0 Å². The Bertz CT molecular complexity index is 1050. The van der Waals surface area contributed by atoms with Gasteiger partial charge in [0.05, 0.1) is 17.2 Å². The van der Waals surface area contributed by atoms with E-state index in [2.05, 4.69) is 9.88 Å². The number of ether oxygens (including phenoxy) is 1. The molecule has 0 N–H and O–H groups in total. The first kappa shape index (κ1) is 21.9. The number of imide groups is 1. The molecule has 0 spiro atoms. The van der Waals surface area contributed by atoms with Gasteiger partial charge in [-0.3, -0.25) is 19.4 Å². The molecule has 2 aromatic rings. The van der Waals surface area contributed by atoms with Crippen LogP contribution in [0.2, 0.25) is 0 Å². The summed E-state index contributed by atoms with van der Waals surface area (Å²) in [5.41, 5.74) is 1.43. The number of alkyl halides is 3. The second-order valence-corrected chi connectivity index (χ2v) is 8.91. The van der Waals surface area contributed by atoms with Crippen molar-refractivity contribution >= 4 is 11.8 Å². The van der Waals surface area contributed by atoms with Crippen LogP contribution < -0.4 is 4.74 Å². The van der Waals surface area contributed by atoms with E-state index in [0.717, 1.165) is 24.3 Å². The summed E-state index contributed by atoms with van der Waals surface area (Å²) >= 11 is 0. The number of hydrogen-bond acceptors (Lipinski definition) is 5. The van der Waals surface area contributed by atoms with E-state index in [1.54, 1.807) is 43.3 Å². The van der Waals surface area contributed by atoms with E-state index >= 15 is 0 Å². The smallest absolute Gasteiger partial charge is 0.388 e. The van der Waals surface area contributed by atoms with Crippen LogP contribution in [-0.4, -0.2) is 58.5 Å². The summed E-state index contributed by atoms with van der Waals surface area (Å²) in [6.45, 7) is -0.318. The lowest BCUT2D eigenvalue weighted by Gasteiger charge is -2.41. The third-order valence-corrected chi connectivity index (χ3v) is 6.98. The van der Waals surface area contributed by atoms with E-state index < -0.39 is 30.6 Å². The van der Waals surface area contributed by atoms with E-state index in [9.17, 15) is 22.8 Å². The zero-order chi connectivity index (χ0) is 23.3. The van der Waals surface area contributed by atoms with Crippen molar-refractivity contribution in [2.24, 2.45) is 0 Å². The Labute approximate surface area is 189 Å². The maximum Gasteiger partial charge on any atom is 0.388 e. The molecule has 1 saturated heterocycles. The van der Waals surface area contributed by atoms with Gasteiger partial charge in [-0.15, -0.1) is 0 Å². The van der Waals surface area contributed by atoms with Crippen molar-refractivity contribution in [3.8, 4) is 5.88 Å². The molecule has 174 valence electrons. The van der Waals surface area contributed by atoms with Crippen LogP contribution in [0.1, 0.15) is 70.1 Å².